The van der Waals surface area contributed by atoms with E-state index in [9.17, 15) is 5.11 Å². The normalized spacial score (nSPS) is 14.8. The Morgan fingerprint density at radius 1 is 1.45 bits per heavy atom. The standard InChI is InChI=1S/C15H21N3O.ClH/c1-13(8-9-15-6-4-3-5-7-15)18(14(2)19)17-11-10-16-12-17;/h3-7,12,14,19H,1,8-11H2,2H3;1H. The van der Waals surface area contributed by atoms with Crippen molar-refractivity contribution < 1.29 is 5.11 Å². The van der Waals surface area contributed by atoms with Gasteiger partial charge in [-0.2, -0.15) is 0 Å². The van der Waals surface area contributed by atoms with Crippen LogP contribution in [0.3, 0.4) is 0 Å². The lowest BCUT2D eigenvalue weighted by atomic mass is 10.1. The molecular formula is C15H22ClN3O. The molecule has 0 fully saturated rings. The van der Waals surface area contributed by atoms with E-state index in [2.05, 4.69) is 23.7 Å². The summed E-state index contributed by atoms with van der Waals surface area (Å²) in [6.07, 6.45) is 2.92. The van der Waals surface area contributed by atoms with Gasteiger partial charge in [-0.25, -0.2) is 0 Å². The summed E-state index contributed by atoms with van der Waals surface area (Å²) in [5.41, 5.74) is 2.19. The lowest BCUT2D eigenvalue weighted by Crippen LogP contribution is -2.45. The number of benzene rings is 1. The predicted octanol–water partition coefficient (Wildman–Crippen LogP) is 2.45. The number of nitrogens with zero attached hydrogens (tertiary/aromatic N) is 3. The summed E-state index contributed by atoms with van der Waals surface area (Å²) in [5, 5.41) is 13.6. The first kappa shape index (κ1) is 16.5. The van der Waals surface area contributed by atoms with Crippen LogP contribution in [0.25, 0.3) is 0 Å². The van der Waals surface area contributed by atoms with Crippen LogP contribution in [0.5, 0.6) is 0 Å². The first-order chi connectivity index (χ1) is 9.18. The molecule has 1 aliphatic rings. The zero-order valence-electron chi connectivity index (χ0n) is 11.8. The number of aliphatic imine (C=N–C) groups is 1. The van der Waals surface area contributed by atoms with E-state index in [1.165, 1.54) is 5.56 Å². The molecule has 0 aliphatic carbocycles. The molecular weight excluding hydrogens is 274 g/mol. The molecule has 0 saturated heterocycles. The number of hydrazine groups is 1. The number of aryl methyl sites for hydroxylation is 1. The van der Waals surface area contributed by atoms with Crippen molar-refractivity contribution in [2.45, 2.75) is 26.0 Å². The molecule has 20 heavy (non-hydrogen) atoms. The molecule has 2 rings (SSSR count). The molecule has 1 aliphatic heterocycles. The van der Waals surface area contributed by atoms with E-state index in [0.29, 0.717) is 0 Å². The SMILES string of the molecule is C=C(CCc1ccccc1)N(C(C)O)N1C=NCC1.Cl. The zero-order valence-corrected chi connectivity index (χ0v) is 12.6. The molecule has 0 bridgehead atoms. The summed E-state index contributed by atoms with van der Waals surface area (Å²) < 4.78 is 0. The Balaban J connectivity index is 0.00000200. The van der Waals surface area contributed by atoms with Crippen molar-refractivity contribution in [2.75, 3.05) is 13.1 Å². The molecule has 0 saturated carbocycles. The number of hydrogen-bond donors (Lipinski definition) is 1. The predicted molar refractivity (Wildman–Crippen MR) is 84.7 cm³/mol. The topological polar surface area (TPSA) is 39.1 Å². The van der Waals surface area contributed by atoms with Crippen LogP contribution in [0.1, 0.15) is 18.9 Å². The monoisotopic (exact) mass is 295 g/mol. The van der Waals surface area contributed by atoms with Gasteiger partial charge in [0.2, 0.25) is 0 Å². The second kappa shape index (κ2) is 7.92. The van der Waals surface area contributed by atoms with E-state index in [1.54, 1.807) is 13.3 Å². The Morgan fingerprint density at radius 2 is 2.15 bits per heavy atom. The third-order valence-electron chi connectivity index (χ3n) is 3.17. The van der Waals surface area contributed by atoms with E-state index in [4.69, 9.17) is 0 Å². The van der Waals surface area contributed by atoms with Crippen LogP contribution in [0.4, 0.5) is 0 Å². The Kier molecular flexibility index (Phi) is 6.55. The van der Waals surface area contributed by atoms with Gasteiger partial charge in [0.25, 0.3) is 0 Å². The fraction of sp³-hybridized carbons (Fsp3) is 0.400. The highest BCUT2D eigenvalue weighted by Crippen LogP contribution is 2.17. The van der Waals surface area contributed by atoms with Gasteiger partial charge in [-0.05, 0) is 25.3 Å². The fourth-order valence-corrected chi connectivity index (χ4v) is 2.24. The minimum absolute atomic E-state index is 0. The quantitative estimate of drug-likeness (QED) is 0.820. The summed E-state index contributed by atoms with van der Waals surface area (Å²) in [6.45, 7) is 7.42. The zero-order chi connectivity index (χ0) is 13.7. The van der Waals surface area contributed by atoms with Gasteiger partial charge in [-0.3, -0.25) is 15.0 Å². The molecule has 4 nitrogen and oxygen atoms in total. The molecule has 1 N–H and O–H groups in total. The molecule has 110 valence electrons. The number of aliphatic hydroxyl groups is 1. The maximum atomic E-state index is 9.90. The Hall–Kier alpha value is -1.52. The molecule has 0 spiro atoms. The summed E-state index contributed by atoms with van der Waals surface area (Å²) in [4.78, 5) is 4.18. The lowest BCUT2D eigenvalue weighted by molar-refractivity contribution is -0.0585. The van der Waals surface area contributed by atoms with E-state index in [-0.39, 0.29) is 12.4 Å². The Bertz CT molecular complexity index is 448. The second-order valence-corrected chi connectivity index (χ2v) is 4.71. The summed E-state index contributed by atoms with van der Waals surface area (Å²) in [7, 11) is 0. The molecule has 0 amide bonds. The first-order valence-electron chi connectivity index (χ1n) is 6.64. The largest absolute Gasteiger partial charge is 0.372 e. The van der Waals surface area contributed by atoms with Crippen LogP contribution in [-0.4, -0.2) is 40.8 Å². The average Bonchev–Trinajstić information content (AvgIpc) is 2.91. The van der Waals surface area contributed by atoms with Gasteiger partial charge in [-0.1, -0.05) is 36.9 Å². The van der Waals surface area contributed by atoms with Crippen molar-refractivity contribution >= 4 is 18.7 Å². The Labute approximate surface area is 126 Å². The van der Waals surface area contributed by atoms with Crippen LogP contribution >= 0.6 is 12.4 Å². The van der Waals surface area contributed by atoms with Gasteiger partial charge in [0.15, 0.2) is 0 Å². The van der Waals surface area contributed by atoms with Gasteiger partial charge in [0.1, 0.15) is 12.6 Å². The highest BCUT2D eigenvalue weighted by molar-refractivity contribution is 5.85. The number of rotatable bonds is 6. The summed E-state index contributed by atoms with van der Waals surface area (Å²) in [5.74, 6) is 0. The van der Waals surface area contributed by atoms with Crippen LogP contribution < -0.4 is 0 Å². The van der Waals surface area contributed by atoms with Gasteiger partial charge in [0, 0.05) is 5.70 Å². The van der Waals surface area contributed by atoms with Crippen molar-refractivity contribution in [1.29, 1.82) is 0 Å². The third-order valence-corrected chi connectivity index (χ3v) is 3.17. The van der Waals surface area contributed by atoms with E-state index in [1.807, 2.05) is 28.2 Å². The van der Waals surface area contributed by atoms with Gasteiger partial charge in [-0.15, -0.1) is 12.4 Å². The van der Waals surface area contributed by atoms with Gasteiger partial charge < -0.3 is 5.11 Å². The van der Waals surface area contributed by atoms with Crippen LogP contribution in [-0.2, 0) is 6.42 Å². The molecule has 0 aromatic heterocycles. The van der Waals surface area contributed by atoms with Crippen molar-refractivity contribution in [3.8, 4) is 0 Å². The third kappa shape index (κ3) is 4.25. The molecule has 1 atom stereocenters. The van der Waals surface area contributed by atoms with E-state index >= 15 is 0 Å². The van der Waals surface area contributed by atoms with Gasteiger partial charge in [0.05, 0.1) is 13.1 Å². The molecule has 5 heteroatoms. The van der Waals surface area contributed by atoms with Crippen LogP contribution in [0, 0.1) is 0 Å². The second-order valence-electron chi connectivity index (χ2n) is 4.71. The number of halogens is 1. The van der Waals surface area contributed by atoms with Crippen LogP contribution in [0.2, 0.25) is 0 Å². The van der Waals surface area contributed by atoms with Crippen molar-refractivity contribution in [2.24, 2.45) is 4.99 Å². The van der Waals surface area contributed by atoms with Gasteiger partial charge >= 0.3 is 0 Å². The minimum atomic E-state index is -0.590. The smallest absolute Gasteiger partial charge is 0.142 e. The van der Waals surface area contributed by atoms with Crippen molar-refractivity contribution in [3.05, 3.63) is 48.2 Å². The number of allylic oxidation sites excluding steroid dienone is 1. The maximum absolute atomic E-state index is 9.90. The van der Waals surface area contributed by atoms with Crippen LogP contribution in [0.15, 0.2) is 47.6 Å². The number of aliphatic hydroxyl groups excluding tert-OH is 1. The first-order valence-corrected chi connectivity index (χ1v) is 6.64. The minimum Gasteiger partial charge on any atom is -0.372 e. The number of hydrogen-bond acceptors (Lipinski definition) is 4. The highest BCUT2D eigenvalue weighted by atomic mass is 35.5. The van der Waals surface area contributed by atoms with Crippen molar-refractivity contribution in [3.63, 3.8) is 0 Å². The average molecular weight is 296 g/mol. The summed E-state index contributed by atoms with van der Waals surface area (Å²) in [6, 6.07) is 10.3. The van der Waals surface area contributed by atoms with Crippen molar-refractivity contribution in [1.82, 2.24) is 10.0 Å². The molecule has 1 aromatic rings. The lowest BCUT2D eigenvalue weighted by Gasteiger charge is -2.36. The molecule has 1 heterocycles. The molecule has 1 unspecified atom stereocenters. The fourth-order valence-electron chi connectivity index (χ4n) is 2.24. The van der Waals surface area contributed by atoms with E-state index < -0.39 is 6.23 Å². The summed E-state index contributed by atoms with van der Waals surface area (Å²) >= 11 is 0. The highest BCUT2D eigenvalue weighted by Gasteiger charge is 2.21. The molecule has 0 radical (unpaired) electrons. The Morgan fingerprint density at radius 3 is 2.70 bits per heavy atom. The maximum Gasteiger partial charge on any atom is 0.142 e. The van der Waals surface area contributed by atoms with E-state index in [0.717, 1.165) is 31.6 Å². The molecule has 1 aromatic carbocycles.